The van der Waals surface area contributed by atoms with E-state index in [1.807, 2.05) is 6.92 Å². The van der Waals surface area contributed by atoms with E-state index in [4.69, 9.17) is 0 Å². The van der Waals surface area contributed by atoms with E-state index in [1.165, 1.54) is 15.3 Å². The minimum absolute atomic E-state index is 0.154. The highest BCUT2D eigenvalue weighted by Gasteiger charge is 2.36. The van der Waals surface area contributed by atoms with Crippen molar-refractivity contribution < 1.29 is 13.7 Å². The second kappa shape index (κ2) is 10.1. The van der Waals surface area contributed by atoms with Crippen LogP contribution in [0.5, 0.6) is 0 Å². The van der Waals surface area contributed by atoms with Crippen molar-refractivity contribution in [2.45, 2.75) is 58.4 Å². The first-order valence-electron chi connectivity index (χ1n) is 11.3. The summed E-state index contributed by atoms with van der Waals surface area (Å²) in [5, 5.41) is 29.4. The maximum Gasteiger partial charge on any atom is 0.328 e. The number of halogens is 2. The number of hydrogen-bond donors (Lipinski definition) is 1. The molecule has 0 unspecified atom stereocenters. The molecule has 0 saturated heterocycles. The van der Waals surface area contributed by atoms with Crippen LogP contribution in [-0.4, -0.2) is 44.9 Å². The minimum Gasteiger partial charge on any atom is -0.358 e. The number of tetrazole rings is 1. The Hall–Kier alpha value is -4.03. The Balaban J connectivity index is 1.64. The van der Waals surface area contributed by atoms with E-state index in [9.17, 15) is 18.9 Å². The second-order valence-corrected chi connectivity index (χ2v) is 8.14. The molecule has 1 aromatic carbocycles. The summed E-state index contributed by atoms with van der Waals surface area (Å²) in [6, 6.07) is 9.88. The number of nitrogens with zero attached hydrogens (tertiary/aromatic N) is 8. The fraction of sp³-hybridized carbons (Fsp3) is 0.409. The van der Waals surface area contributed by atoms with Crippen molar-refractivity contribution in [2.75, 3.05) is 0 Å². The Kier molecular flexibility index (Phi) is 6.94. The monoisotopic (exact) mass is 485 g/mol. The largest absolute Gasteiger partial charge is 0.358 e. The van der Waals surface area contributed by atoms with Gasteiger partial charge in [0.25, 0.3) is 0 Å². The summed E-state index contributed by atoms with van der Waals surface area (Å²) in [5.74, 6) is -2.95. The van der Waals surface area contributed by atoms with Crippen molar-refractivity contribution in [3.05, 3.63) is 63.7 Å². The lowest BCUT2D eigenvalue weighted by Crippen LogP contribution is -2.15. The third-order valence-corrected chi connectivity index (χ3v) is 5.54. The molecule has 0 aliphatic heterocycles. The van der Waals surface area contributed by atoms with Crippen molar-refractivity contribution >= 4 is 5.82 Å². The average molecular weight is 485 g/mol. The molecule has 0 atom stereocenters. The van der Waals surface area contributed by atoms with Crippen molar-refractivity contribution in [2.24, 2.45) is 0 Å². The minimum atomic E-state index is -3.08. The van der Waals surface area contributed by atoms with Crippen molar-refractivity contribution in [3.63, 3.8) is 0 Å². The number of unbranched alkanes of at least 4 members (excludes halogenated alkanes) is 1. The maximum atomic E-state index is 14.5. The molecule has 0 fully saturated rings. The van der Waals surface area contributed by atoms with Gasteiger partial charge >= 0.3 is 11.7 Å². The predicted octanol–water partition coefficient (Wildman–Crippen LogP) is 4.44. The van der Waals surface area contributed by atoms with Crippen LogP contribution in [0.3, 0.4) is 0 Å². The van der Waals surface area contributed by atoms with Crippen LogP contribution in [0.15, 0.2) is 36.4 Å². The second-order valence-electron chi connectivity index (χ2n) is 8.14. The van der Waals surface area contributed by atoms with Crippen LogP contribution in [0.1, 0.15) is 56.7 Å². The van der Waals surface area contributed by atoms with Gasteiger partial charge in [0.1, 0.15) is 11.5 Å². The van der Waals surface area contributed by atoms with Gasteiger partial charge in [-0.1, -0.05) is 32.4 Å². The summed E-state index contributed by atoms with van der Waals surface area (Å²) in [4.78, 5) is 15.2. The topological polar surface area (TPSA) is 133 Å². The number of aryl methyl sites for hydroxylation is 1. The lowest BCUT2D eigenvalue weighted by Gasteiger charge is -2.10. The Bertz CT molecular complexity index is 1280. The van der Waals surface area contributed by atoms with Crippen molar-refractivity contribution in [3.8, 4) is 17.2 Å². The first-order chi connectivity index (χ1) is 16.8. The van der Waals surface area contributed by atoms with Gasteiger partial charge in [0.2, 0.25) is 11.6 Å². The molecule has 0 aliphatic rings. The molecule has 0 bridgehead atoms. The zero-order valence-corrected chi connectivity index (χ0v) is 19.4. The standard InChI is InChI=1S/C22H25F2N9O2/c1-3-5-6-18-25-21(22(23,24)13-4-2)28-31(18)14-15-7-9-16(10-8-15)32-17(20-26-29-30-27-20)11-12-19(32)33(34)35/h7-12H,3-6,13-14H2,1-2H3,(H,26,27,29,30). The van der Waals surface area contributed by atoms with Crippen LogP contribution in [0.2, 0.25) is 0 Å². The molecule has 3 heterocycles. The van der Waals surface area contributed by atoms with Gasteiger partial charge < -0.3 is 10.1 Å². The number of nitro groups is 1. The lowest BCUT2D eigenvalue weighted by atomic mass is 10.2. The zero-order chi connectivity index (χ0) is 25.0. The van der Waals surface area contributed by atoms with E-state index in [1.54, 1.807) is 37.3 Å². The molecule has 4 rings (SSSR count). The van der Waals surface area contributed by atoms with Gasteiger partial charge in [0.05, 0.1) is 6.54 Å². The number of aromatic amines is 1. The molecular weight excluding hydrogens is 460 g/mol. The Labute approximate surface area is 199 Å². The molecule has 184 valence electrons. The van der Waals surface area contributed by atoms with E-state index in [-0.39, 0.29) is 24.6 Å². The maximum absolute atomic E-state index is 14.5. The third kappa shape index (κ3) is 5.08. The van der Waals surface area contributed by atoms with Crippen LogP contribution in [0.4, 0.5) is 14.6 Å². The summed E-state index contributed by atoms with van der Waals surface area (Å²) >= 11 is 0. The highest BCUT2D eigenvalue weighted by atomic mass is 19.3. The van der Waals surface area contributed by atoms with Crippen molar-refractivity contribution in [1.82, 2.24) is 40.0 Å². The third-order valence-electron chi connectivity index (χ3n) is 5.54. The number of benzene rings is 1. The molecule has 4 aromatic rings. The van der Waals surface area contributed by atoms with Gasteiger partial charge in [-0.2, -0.15) is 18.6 Å². The number of alkyl halides is 2. The summed E-state index contributed by atoms with van der Waals surface area (Å²) in [7, 11) is 0. The van der Waals surface area contributed by atoms with E-state index in [0.717, 1.165) is 18.4 Å². The average Bonchev–Trinajstić information content (AvgIpc) is 3.58. The van der Waals surface area contributed by atoms with Crippen molar-refractivity contribution in [1.29, 1.82) is 0 Å². The molecule has 11 nitrogen and oxygen atoms in total. The number of rotatable bonds is 11. The summed E-state index contributed by atoms with van der Waals surface area (Å²) < 4.78 is 31.9. The fourth-order valence-electron chi connectivity index (χ4n) is 3.81. The van der Waals surface area contributed by atoms with E-state index in [2.05, 4.69) is 30.7 Å². The molecule has 0 aliphatic carbocycles. The van der Waals surface area contributed by atoms with Gasteiger partial charge in [-0.3, -0.25) is 0 Å². The van der Waals surface area contributed by atoms with E-state index in [0.29, 0.717) is 30.0 Å². The summed E-state index contributed by atoms with van der Waals surface area (Å²) in [5.41, 5.74) is 1.71. The molecule has 3 aromatic heterocycles. The Morgan fingerprint density at radius 2 is 1.89 bits per heavy atom. The highest BCUT2D eigenvalue weighted by Crippen LogP contribution is 2.31. The molecule has 0 radical (unpaired) electrons. The van der Waals surface area contributed by atoms with Gasteiger partial charge in [-0.15, -0.1) is 15.3 Å². The van der Waals surface area contributed by atoms with Gasteiger partial charge in [-0.05, 0) is 46.7 Å². The number of hydrogen-bond acceptors (Lipinski definition) is 7. The molecular formula is C22H25F2N9O2. The Morgan fingerprint density at radius 1 is 1.11 bits per heavy atom. The van der Waals surface area contributed by atoms with Crippen LogP contribution in [0, 0.1) is 10.1 Å². The highest BCUT2D eigenvalue weighted by molar-refractivity contribution is 5.60. The fourth-order valence-corrected chi connectivity index (χ4v) is 3.81. The quantitative estimate of drug-likeness (QED) is 0.245. The predicted molar refractivity (Wildman–Crippen MR) is 122 cm³/mol. The molecule has 0 spiro atoms. The molecule has 1 N–H and O–H groups in total. The number of nitrogens with one attached hydrogen (secondary N) is 1. The molecule has 0 amide bonds. The van der Waals surface area contributed by atoms with Gasteiger partial charge in [-0.25, -0.2) is 9.67 Å². The van der Waals surface area contributed by atoms with Gasteiger partial charge in [0.15, 0.2) is 5.69 Å². The Morgan fingerprint density at radius 3 is 2.51 bits per heavy atom. The number of H-pyrrole nitrogens is 1. The van der Waals surface area contributed by atoms with Crippen LogP contribution < -0.4 is 0 Å². The normalized spacial score (nSPS) is 11.8. The smallest absolute Gasteiger partial charge is 0.328 e. The van der Waals surface area contributed by atoms with Crippen LogP contribution in [-0.2, 0) is 18.9 Å². The molecule has 0 saturated carbocycles. The first kappa shape index (κ1) is 24.1. The molecule has 13 heteroatoms. The summed E-state index contributed by atoms with van der Waals surface area (Å²) in [6.07, 6.45) is 2.28. The van der Waals surface area contributed by atoms with Crippen LogP contribution >= 0.6 is 0 Å². The van der Waals surface area contributed by atoms with Gasteiger partial charge in [0, 0.05) is 18.9 Å². The first-order valence-corrected chi connectivity index (χ1v) is 11.3. The van der Waals surface area contributed by atoms with E-state index >= 15 is 0 Å². The molecule has 35 heavy (non-hydrogen) atoms. The number of aromatic nitrogens is 8. The van der Waals surface area contributed by atoms with E-state index < -0.39 is 16.7 Å². The zero-order valence-electron chi connectivity index (χ0n) is 19.4. The van der Waals surface area contributed by atoms with Crippen LogP contribution in [0.25, 0.3) is 17.2 Å². The summed E-state index contributed by atoms with van der Waals surface area (Å²) in [6.45, 7) is 3.97. The lowest BCUT2D eigenvalue weighted by molar-refractivity contribution is -0.390. The SMILES string of the molecule is CCCCc1nc(C(F)(F)CCC)nn1Cc1ccc(-n2c(-c3nn[nH]n3)ccc2[N+](=O)[O-])cc1.